The zero-order valence-electron chi connectivity index (χ0n) is 27.0. The van der Waals surface area contributed by atoms with Crippen LogP contribution < -0.4 is 10.1 Å². The first-order chi connectivity index (χ1) is 23.0. The molecule has 3 aromatic rings. The quantitative estimate of drug-likeness (QED) is 0.227. The Kier molecular flexibility index (Phi) is 12.6. The largest absolute Gasteiger partial charge is 0.489 e. The van der Waals surface area contributed by atoms with Gasteiger partial charge in [0.1, 0.15) is 19.0 Å². The summed E-state index contributed by atoms with van der Waals surface area (Å²) in [6.07, 6.45) is 8.34. The highest BCUT2D eigenvalue weighted by molar-refractivity contribution is 5.86. The van der Waals surface area contributed by atoms with E-state index in [-0.39, 0.29) is 49.4 Å². The molecule has 2 aliphatic heterocycles. The second kappa shape index (κ2) is 17.5. The molecule has 1 fully saturated rings. The number of amides is 2. The van der Waals surface area contributed by atoms with E-state index in [0.29, 0.717) is 45.3 Å². The van der Waals surface area contributed by atoms with Gasteiger partial charge in [0.15, 0.2) is 0 Å². The van der Waals surface area contributed by atoms with Crippen molar-refractivity contribution >= 4 is 17.8 Å². The van der Waals surface area contributed by atoms with E-state index in [0.717, 1.165) is 35.3 Å². The Morgan fingerprint density at radius 1 is 0.851 bits per heavy atom. The lowest BCUT2D eigenvalue weighted by molar-refractivity contribution is -0.150. The number of hydrogen-bond donors (Lipinski definition) is 2. The highest BCUT2D eigenvalue weighted by atomic mass is 16.5. The molecule has 0 bridgehead atoms. The molecule has 2 heterocycles. The number of rotatable bonds is 10. The average molecular weight is 639 g/mol. The Morgan fingerprint density at radius 2 is 1.55 bits per heavy atom. The molecule has 248 valence electrons. The topological polar surface area (TPSA) is 105 Å². The molecule has 0 spiro atoms. The van der Waals surface area contributed by atoms with E-state index in [9.17, 15) is 19.5 Å². The summed E-state index contributed by atoms with van der Waals surface area (Å²) in [6, 6.07) is 26.9. The van der Waals surface area contributed by atoms with Crippen LogP contribution in [-0.2, 0) is 38.6 Å². The molecule has 47 heavy (non-hydrogen) atoms. The summed E-state index contributed by atoms with van der Waals surface area (Å²) < 4.78 is 11.9. The van der Waals surface area contributed by atoms with Crippen LogP contribution in [0.1, 0.15) is 55.2 Å². The van der Waals surface area contributed by atoms with Crippen molar-refractivity contribution in [2.45, 2.75) is 70.1 Å². The maximum absolute atomic E-state index is 13.8. The first-order valence-corrected chi connectivity index (χ1v) is 16.8. The van der Waals surface area contributed by atoms with Gasteiger partial charge >= 0.3 is 5.97 Å². The molecular formula is C39H46N2O6. The third kappa shape index (κ3) is 10.3. The van der Waals surface area contributed by atoms with Gasteiger partial charge in [-0.15, -0.1) is 0 Å². The summed E-state index contributed by atoms with van der Waals surface area (Å²) >= 11 is 0. The maximum Gasteiger partial charge on any atom is 0.309 e. The monoisotopic (exact) mass is 638 g/mol. The molecule has 0 aromatic heterocycles. The van der Waals surface area contributed by atoms with E-state index in [4.69, 9.17) is 9.47 Å². The van der Waals surface area contributed by atoms with Gasteiger partial charge in [0.2, 0.25) is 11.8 Å². The first-order valence-electron chi connectivity index (χ1n) is 16.8. The zero-order valence-corrected chi connectivity index (χ0v) is 27.0. The number of carbonyl (C=O) groups is 3. The predicted molar refractivity (Wildman–Crippen MR) is 180 cm³/mol. The van der Waals surface area contributed by atoms with Gasteiger partial charge in [-0.2, -0.15) is 0 Å². The summed E-state index contributed by atoms with van der Waals surface area (Å²) in [5, 5.41) is 12.9. The van der Waals surface area contributed by atoms with Crippen LogP contribution >= 0.6 is 0 Å². The molecule has 0 unspecified atom stereocenters. The van der Waals surface area contributed by atoms with Gasteiger partial charge in [-0.1, -0.05) is 84.9 Å². The van der Waals surface area contributed by atoms with Gasteiger partial charge in [0, 0.05) is 13.0 Å². The van der Waals surface area contributed by atoms with E-state index in [1.165, 1.54) is 0 Å². The lowest BCUT2D eigenvalue weighted by Crippen LogP contribution is -2.45. The minimum Gasteiger partial charge on any atom is -0.489 e. The predicted octanol–water partition coefficient (Wildman–Crippen LogP) is 5.42. The fourth-order valence-electron chi connectivity index (χ4n) is 6.36. The molecule has 2 N–H and O–H groups in total. The van der Waals surface area contributed by atoms with E-state index < -0.39 is 12.0 Å². The average Bonchev–Trinajstić information content (AvgIpc) is 3.59. The Balaban J connectivity index is 1.30. The van der Waals surface area contributed by atoms with Crippen molar-refractivity contribution < 1.29 is 29.0 Å². The van der Waals surface area contributed by atoms with Crippen molar-refractivity contribution in [3.63, 3.8) is 0 Å². The first kappa shape index (κ1) is 33.9. The number of allylic oxidation sites excluding steroid dienone is 2. The molecule has 0 saturated carbocycles. The van der Waals surface area contributed by atoms with Gasteiger partial charge in [-0.05, 0) is 73.8 Å². The molecule has 4 atom stereocenters. The van der Waals surface area contributed by atoms with Crippen LogP contribution in [0.15, 0.2) is 97.1 Å². The van der Waals surface area contributed by atoms with Crippen molar-refractivity contribution in [1.29, 1.82) is 0 Å². The van der Waals surface area contributed by atoms with Gasteiger partial charge in [0.05, 0.1) is 30.5 Å². The molecule has 8 heteroatoms. The molecule has 5 rings (SSSR count). The number of aliphatic hydroxyl groups excluding tert-OH is 1. The van der Waals surface area contributed by atoms with Gasteiger partial charge in [0.25, 0.3) is 0 Å². The van der Waals surface area contributed by atoms with Crippen LogP contribution in [0.25, 0.3) is 0 Å². The SMILES string of the molecule is O=C1N[C@@H](Cc2ccc(OCc3ccccc3)cc2)COC(=O)[C@@H](Cc2ccccc2)CCC=CC[C@@H]1CC(=O)N1CCC[C@H]1CO. The van der Waals surface area contributed by atoms with Crippen molar-refractivity contribution in [2.24, 2.45) is 11.8 Å². The molecule has 8 nitrogen and oxygen atoms in total. The second-order valence-corrected chi connectivity index (χ2v) is 12.6. The Morgan fingerprint density at radius 3 is 2.28 bits per heavy atom. The van der Waals surface area contributed by atoms with Crippen LogP contribution in [-0.4, -0.2) is 59.6 Å². The number of hydrogen-bond acceptors (Lipinski definition) is 6. The van der Waals surface area contributed by atoms with Crippen LogP contribution in [0.2, 0.25) is 0 Å². The third-order valence-electron chi connectivity index (χ3n) is 9.05. The second-order valence-electron chi connectivity index (χ2n) is 12.6. The lowest BCUT2D eigenvalue weighted by Gasteiger charge is -2.26. The number of esters is 1. The van der Waals surface area contributed by atoms with Crippen LogP contribution in [0, 0.1) is 11.8 Å². The molecular weight excluding hydrogens is 592 g/mol. The molecule has 0 aliphatic carbocycles. The number of aliphatic hydroxyl groups is 1. The zero-order chi connectivity index (χ0) is 32.8. The molecule has 0 radical (unpaired) electrons. The minimum atomic E-state index is -0.577. The van der Waals surface area contributed by atoms with Crippen LogP contribution in [0.5, 0.6) is 5.75 Å². The highest BCUT2D eigenvalue weighted by Crippen LogP contribution is 2.23. The van der Waals surface area contributed by atoms with E-state index in [2.05, 4.69) is 5.32 Å². The van der Waals surface area contributed by atoms with Gasteiger partial charge in [-0.3, -0.25) is 14.4 Å². The Hall–Kier alpha value is -4.43. The number of cyclic esters (lactones) is 1. The molecule has 2 amide bonds. The van der Waals surface area contributed by atoms with Crippen LogP contribution in [0.3, 0.4) is 0 Å². The fourth-order valence-corrected chi connectivity index (χ4v) is 6.36. The number of ether oxygens (including phenoxy) is 2. The third-order valence-corrected chi connectivity index (χ3v) is 9.05. The maximum atomic E-state index is 13.8. The van der Waals surface area contributed by atoms with E-state index >= 15 is 0 Å². The lowest BCUT2D eigenvalue weighted by atomic mass is 9.94. The summed E-state index contributed by atoms with van der Waals surface area (Å²) in [7, 11) is 0. The summed E-state index contributed by atoms with van der Waals surface area (Å²) in [6.45, 7) is 1.01. The van der Waals surface area contributed by atoms with Gasteiger partial charge < -0.3 is 24.8 Å². The standard InChI is InChI=1S/C39H46N2O6/c42-26-35-17-10-22-41(35)37(43)25-32-15-8-3-9-16-33(23-29-11-4-1-5-12-29)39(45)47-28-34(40-38(32)44)24-30-18-20-36(21-19-30)46-27-31-13-6-2-7-14-31/h1-8,11-14,18-21,32-35,42H,9-10,15-17,22-28H2,(H,40,44)/t32-,33-,34+,35+/m1/s1. The summed E-state index contributed by atoms with van der Waals surface area (Å²) in [5.74, 6) is -0.792. The number of nitrogens with zero attached hydrogens (tertiary/aromatic N) is 1. The van der Waals surface area contributed by atoms with Crippen molar-refractivity contribution in [3.8, 4) is 5.75 Å². The number of carbonyl (C=O) groups excluding carboxylic acids is 3. The van der Waals surface area contributed by atoms with Crippen molar-refractivity contribution in [3.05, 3.63) is 114 Å². The Labute approximate surface area is 277 Å². The number of benzene rings is 3. The Bertz CT molecular complexity index is 1460. The van der Waals surface area contributed by atoms with Crippen molar-refractivity contribution in [2.75, 3.05) is 19.8 Å². The summed E-state index contributed by atoms with van der Waals surface area (Å²) in [5.41, 5.74) is 3.11. The summed E-state index contributed by atoms with van der Waals surface area (Å²) in [4.78, 5) is 42.2. The van der Waals surface area contributed by atoms with Crippen LogP contribution in [0.4, 0.5) is 0 Å². The molecule has 2 aliphatic rings. The van der Waals surface area contributed by atoms with E-state index in [1.807, 2.05) is 97.1 Å². The van der Waals surface area contributed by atoms with Gasteiger partial charge in [-0.25, -0.2) is 0 Å². The number of likely N-dealkylation sites (tertiary alicyclic amines) is 1. The van der Waals surface area contributed by atoms with Crippen molar-refractivity contribution in [1.82, 2.24) is 10.2 Å². The number of nitrogens with one attached hydrogen (secondary N) is 1. The minimum absolute atomic E-state index is 0.0227. The highest BCUT2D eigenvalue weighted by Gasteiger charge is 2.32. The smallest absolute Gasteiger partial charge is 0.309 e. The molecule has 1 saturated heterocycles. The van der Waals surface area contributed by atoms with E-state index in [1.54, 1.807) is 4.90 Å². The fraction of sp³-hybridized carbons (Fsp3) is 0.410. The molecule has 3 aromatic carbocycles. The normalized spacial score (nSPS) is 22.4.